The quantitative estimate of drug-likeness (QED) is 0.508. The Morgan fingerprint density at radius 3 is 2.52 bits per heavy atom. The number of amides is 1. The van der Waals surface area contributed by atoms with Crippen molar-refractivity contribution in [2.75, 3.05) is 7.11 Å². The molecule has 4 aromatic rings. The summed E-state index contributed by atoms with van der Waals surface area (Å²) in [6.45, 7) is 2.27. The number of carbonyl (C=O) groups is 1. The van der Waals surface area contributed by atoms with E-state index < -0.39 is 0 Å². The van der Waals surface area contributed by atoms with E-state index in [4.69, 9.17) is 4.74 Å². The topological polar surface area (TPSA) is 92.8 Å². The summed E-state index contributed by atoms with van der Waals surface area (Å²) < 4.78 is 5.15. The van der Waals surface area contributed by atoms with Crippen molar-refractivity contribution in [2.45, 2.75) is 13.5 Å². The maximum absolute atomic E-state index is 12.4. The lowest BCUT2D eigenvalue weighted by atomic mass is 10.2. The lowest BCUT2D eigenvalue weighted by molar-refractivity contribution is 0.0945. The summed E-state index contributed by atoms with van der Waals surface area (Å²) in [5.41, 5.74) is 3.44. The Hall–Kier alpha value is -3.52. The molecule has 4 rings (SSSR count). The standard InChI is InChI=1S/C21H19N5O2S/c1-13-3-5-15(6-4-13)21-23-17(12-29-21)20(27)22-11-18-24-19(26-25-18)14-7-9-16(28-2)10-8-14/h3-10,12H,11H2,1-2H3,(H,22,27)(H,24,25,26). The van der Waals surface area contributed by atoms with Gasteiger partial charge in [0.05, 0.1) is 13.7 Å². The molecule has 0 aliphatic rings. The van der Waals surface area contributed by atoms with E-state index in [0.717, 1.165) is 21.9 Å². The fraction of sp³-hybridized carbons (Fsp3) is 0.143. The van der Waals surface area contributed by atoms with Gasteiger partial charge < -0.3 is 10.1 Å². The Bertz CT molecular complexity index is 1120. The highest BCUT2D eigenvalue weighted by atomic mass is 32.1. The van der Waals surface area contributed by atoms with Crippen LogP contribution in [0, 0.1) is 6.92 Å². The van der Waals surface area contributed by atoms with Crippen molar-refractivity contribution in [1.82, 2.24) is 25.5 Å². The van der Waals surface area contributed by atoms with Crippen LogP contribution in [0.15, 0.2) is 53.9 Å². The number of aryl methyl sites for hydroxylation is 1. The van der Waals surface area contributed by atoms with Crippen LogP contribution in [0.25, 0.3) is 22.0 Å². The third kappa shape index (κ3) is 4.33. The van der Waals surface area contributed by atoms with Crippen LogP contribution in [0.4, 0.5) is 0 Å². The zero-order valence-corrected chi connectivity index (χ0v) is 16.8. The number of methoxy groups -OCH3 is 1. The molecule has 0 atom stereocenters. The number of nitrogens with one attached hydrogen (secondary N) is 2. The number of ether oxygens (including phenoxy) is 1. The molecule has 0 saturated heterocycles. The molecule has 0 radical (unpaired) electrons. The minimum atomic E-state index is -0.248. The van der Waals surface area contributed by atoms with Crippen LogP contribution in [0.5, 0.6) is 5.75 Å². The molecular weight excluding hydrogens is 386 g/mol. The third-order valence-corrected chi connectivity index (χ3v) is 5.22. The number of aromatic nitrogens is 4. The first-order chi connectivity index (χ1) is 14.1. The SMILES string of the molecule is COc1ccc(-c2n[nH]c(CNC(=O)c3csc(-c4ccc(C)cc4)n3)n2)cc1. The second-order valence-corrected chi connectivity index (χ2v) is 7.28. The second kappa shape index (κ2) is 8.24. The molecule has 8 heteroatoms. The number of rotatable bonds is 6. The van der Waals surface area contributed by atoms with Crippen LogP contribution >= 0.6 is 11.3 Å². The Kier molecular flexibility index (Phi) is 5.35. The molecule has 2 N–H and O–H groups in total. The molecule has 2 heterocycles. The number of carbonyl (C=O) groups excluding carboxylic acids is 1. The van der Waals surface area contributed by atoms with Crippen LogP contribution in [0.1, 0.15) is 21.9 Å². The van der Waals surface area contributed by atoms with Crippen LogP contribution < -0.4 is 10.1 Å². The Morgan fingerprint density at radius 1 is 1.07 bits per heavy atom. The van der Waals surface area contributed by atoms with E-state index in [1.54, 1.807) is 12.5 Å². The van der Waals surface area contributed by atoms with E-state index in [1.807, 2.05) is 55.5 Å². The van der Waals surface area contributed by atoms with Crippen molar-refractivity contribution < 1.29 is 9.53 Å². The molecule has 0 aliphatic carbocycles. The molecule has 29 heavy (non-hydrogen) atoms. The van der Waals surface area contributed by atoms with E-state index in [0.29, 0.717) is 17.3 Å². The number of hydrogen-bond acceptors (Lipinski definition) is 6. The predicted octanol–water partition coefficient (Wildman–Crippen LogP) is 3.84. The number of benzene rings is 2. The average molecular weight is 405 g/mol. The maximum Gasteiger partial charge on any atom is 0.271 e. The lowest BCUT2D eigenvalue weighted by Gasteiger charge is -2.00. The zero-order chi connectivity index (χ0) is 20.2. The van der Waals surface area contributed by atoms with Gasteiger partial charge in [-0.1, -0.05) is 29.8 Å². The minimum Gasteiger partial charge on any atom is -0.497 e. The van der Waals surface area contributed by atoms with E-state index >= 15 is 0 Å². The Morgan fingerprint density at radius 2 is 1.79 bits per heavy atom. The molecule has 146 valence electrons. The molecule has 2 aromatic carbocycles. The Labute approximate surface area is 171 Å². The van der Waals surface area contributed by atoms with Crippen molar-refractivity contribution in [3.63, 3.8) is 0 Å². The molecule has 0 saturated carbocycles. The fourth-order valence-electron chi connectivity index (χ4n) is 2.70. The highest BCUT2D eigenvalue weighted by Crippen LogP contribution is 2.24. The molecule has 0 fully saturated rings. The zero-order valence-electron chi connectivity index (χ0n) is 16.0. The summed E-state index contributed by atoms with van der Waals surface area (Å²) in [6, 6.07) is 15.5. The van der Waals surface area contributed by atoms with Gasteiger partial charge >= 0.3 is 0 Å². The maximum atomic E-state index is 12.4. The van der Waals surface area contributed by atoms with Gasteiger partial charge in [0.1, 0.15) is 22.3 Å². The van der Waals surface area contributed by atoms with Crippen molar-refractivity contribution >= 4 is 17.2 Å². The first-order valence-corrected chi connectivity index (χ1v) is 9.87. The van der Waals surface area contributed by atoms with Gasteiger partial charge in [-0.15, -0.1) is 11.3 Å². The summed E-state index contributed by atoms with van der Waals surface area (Å²) in [5.74, 6) is 1.65. The van der Waals surface area contributed by atoms with Crippen LogP contribution in [0.2, 0.25) is 0 Å². The van der Waals surface area contributed by atoms with Gasteiger partial charge in [0.15, 0.2) is 5.82 Å². The van der Waals surface area contributed by atoms with Crippen LogP contribution in [0.3, 0.4) is 0 Å². The average Bonchev–Trinajstić information content (AvgIpc) is 3.43. The van der Waals surface area contributed by atoms with Gasteiger partial charge in [-0.3, -0.25) is 9.89 Å². The van der Waals surface area contributed by atoms with Gasteiger partial charge in [-0.05, 0) is 31.2 Å². The van der Waals surface area contributed by atoms with Gasteiger partial charge in [-0.2, -0.15) is 5.10 Å². The van der Waals surface area contributed by atoms with Gasteiger partial charge in [0, 0.05) is 16.5 Å². The fourth-order valence-corrected chi connectivity index (χ4v) is 3.51. The van der Waals surface area contributed by atoms with Crippen molar-refractivity contribution in [3.8, 4) is 27.7 Å². The summed E-state index contributed by atoms with van der Waals surface area (Å²) in [7, 11) is 1.62. The molecule has 7 nitrogen and oxygen atoms in total. The van der Waals surface area contributed by atoms with Crippen molar-refractivity contribution in [1.29, 1.82) is 0 Å². The van der Waals surface area contributed by atoms with E-state index in [1.165, 1.54) is 16.9 Å². The molecule has 0 bridgehead atoms. The number of aromatic amines is 1. The number of thiazole rings is 1. The largest absolute Gasteiger partial charge is 0.497 e. The van der Waals surface area contributed by atoms with Crippen LogP contribution in [-0.2, 0) is 6.54 Å². The first-order valence-electron chi connectivity index (χ1n) is 8.99. The molecule has 0 unspecified atom stereocenters. The van der Waals surface area contributed by atoms with E-state index in [-0.39, 0.29) is 12.5 Å². The molecule has 2 aromatic heterocycles. The predicted molar refractivity (Wildman–Crippen MR) is 112 cm³/mol. The molecule has 0 spiro atoms. The smallest absolute Gasteiger partial charge is 0.271 e. The summed E-state index contributed by atoms with van der Waals surface area (Å²) in [5, 5.41) is 12.5. The van der Waals surface area contributed by atoms with Crippen LogP contribution in [-0.4, -0.2) is 33.2 Å². The summed E-state index contributed by atoms with van der Waals surface area (Å²) >= 11 is 1.44. The number of H-pyrrole nitrogens is 1. The third-order valence-electron chi connectivity index (χ3n) is 4.33. The molecule has 0 aliphatic heterocycles. The van der Waals surface area contributed by atoms with E-state index in [2.05, 4.69) is 25.5 Å². The van der Waals surface area contributed by atoms with Crippen molar-refractivity contribution in [2.24, 2.45) is 0 Å². The van der Waals surface area contributed by atoms with Crippen molar-refractivity contribution in [3.05, 3.63) is 71.0 Å². The second-order valence-electron chi connectivity index (χ2n) is 6.42. The summed E-state index contributed by atoms with van der Waals surface area (Å²) in [6.07, 6.45) is 0. The van der Waals surface area contributed by atoms with Gasteiger partial charge in [0.2, 0.25) is 0 Å². The van der Waals surface area contributed by atoms with Gasteiger partial charge in [0.25, 0.3) is 5.91 Å². The number of nitrogens with zero attached hydrogens (tertiary/aromatic N) is 3. The summed E-state index contributed by atoms with van der Waals surface area (Å²) in [4.78, 5) is 21.3. The highest BCUT2D eigenvalue weighted by Gasteiger charge is 2.13. The normalized spacial score (nSPS) is 10.7. The Balaban J connectivity index is 1.38. The minimum absolute atomic E-state index is 0.235. The number of hydrogen-bond donors (Lipinski definition) is 2. The lowest BCUT2D eigenvalue weighted by Crippen LogP contribution is -2.23. The first kappa shape index (κ1) is 18.8. The van der Waals surface area contributed by atoms with Gasteiger partial charge in [-0.25, -0.2) is 9.97 Å². The van der Waals surface area contributed by atoms with E-state index in [9.17, 15) is 4.79 Å². The molecular formula is C21H19N5O2S. The highest BCUT2D eigenvalue weighted by molar-refractivity contribution is 7.13. The monoisotopic (exact) mass is 405 g/mol. The molecule has 1 amide bonds.